The van der Waals surface area contributed by atoms with Crippen LogP contribution in [-0.2, 0) is 6.16 Å². The van der Waals surface area contributed by atoms with Crippen molar-refractivity contribution in [3.8, 4) is 0 Å². The Morgan fingerprint density at radius 1 is 1.08 bits per heavy atom. The first kappa shape index (κ1) is 9.18. The first-order chi connectivity index (χ1) is 6.29. The molecule has 0 spiro atoms. The summed E-state index contributed by atoms with van der Waals surface area (Å²) in [7, 11) is -1.54. The highest BCUT2D eigenvalue weighted by Gasteiger charge is 2.39. The fourth-order valence-corrected chi connectivity index (χ4v) is 5.06. The van der Waals surface area contributed by atoms with Gasteiger partial charge < -0.3 is 0 Å². The van der Waals surface area contributed by atoms with Gasteiger partial charge in [-0.3, -0.25) is 4.89 Å². The molecule has 1 aromatic rings. The van der Waals surface area contributed by atoms with E-state index in [2.05, 4.69) is 24.3 Å². The fourth-order valence-electron chi connectivity index (χ4n) is 2.01. The van der Waals surface area contributed by atoms with E-state index in [0.717, 1.165) is 18.5 Å². The van der Waals surface area contributed by atoms with Gasteiger partial charge in [-0.15, -0.1) is 0 Å². The summed E-state index contributed by atoms with van der Waals surface area (Å²) in [4.78, 5) is 10.3. The van der Waals surface area contributed by atoms with E-state index in [1.165, 1.54) is 18.4 Å². The second kappa shape index (κ2) is 3.77. The minimum atomic E-state index is -1.54. The maximum atomic E-state index is 10.3. The van der Waals surface area contributed by atoms with Crippen LogP contribution in [0.4, 0.5) is 0 Å². The smallest absolute Gasteiger partial charge is 0.146 e. The van der Waals surface area contributed by atoms with Crippen molar-refractivity contribution in [1.29, 1.82) is 0 Å². The molecule has 0 aliphatic carbocycles. The maximum absolute atomic E-state index is 10.3. The van der Waals surface area contributed by atoms with Gasteiger partial charge in [0.2, 0.25) is 0 Å². The Kier molecular flexibility index (Phi) is 2.66. The second-order valence-corrected chi connectivity index (χ2v) is 7.29. The summed E-state index contributed by atoms with van der Waals surface area (Å²) in [6.45, 7) is 0. The molecule has 0 atom stereocenters. The van der Waals surface area contributed by atoms with E-state index in [0.29, 0.717) is 0 Å². The lowest BCUT2D eigenvalue weighted by molar-refractivity contribution is 0.603. The van der Waals surface area contributed by atoms with Crippen molar-refractivity contribution in [2.24, 2.45) is 0 Å². The molecule has 70 valence electrons. The van der Waals surface area contributed by atoms with Crippen molar-refractivity contribution in [2.45, 2.75) is 19.0 Å². The summed E-state index contributed by atoms with van der Waals surface area (Å²) in [5.41, 5.74) is 1.31. The Morgan fingerprint density at radius 2 is 1.69 bits per heavy atom. The molecular weight excluding hydrogens is 179 g/mol. The highest BCUT2D eigenvalue weighted by molar-refractivity contribution is 7.69. The molecule has 2 heteroatoms. The first-order valence-electron chi connectivity index (χ1n) is 4.91. The van der Waals surface area contributed by atoms with Crippen LogP contribution in [0, 0.1) is 0 Å². The third kappa shape index (κ3) is 2.30. The van der Waals surface area contributed by atoms with E-state index in [9.17, 15) is 4.89 Å². The summed E-state index contributed by atoms with van der Waals surface area (Å²) in [5, 5.41) is 0. The molecule has 2 rings (SSSR count). The monoisotopic (exact) mass is 195 g/mol. The molecule has 0 aromatic heterocycles. The van der Waals surface area contributed by atoms with Gasteiger partial charge in [0.15, 0.2) is 0 Å². The lowest BCUT2D eigenvalue weighted by Gasteiger charge is -2.13. The van der Waals surface area contributed by atoms with E-state index in [-0.39, 0.29) is 0 Å². The SMILES string of the molecule is O[P+]1(Cc2ccccc2)CCCC1. The molecule has 1 nitrogen and oxygen atoms in total. The number of rotatable bonds is 2. The third-order valence-electron chi connectivity index (χ3n) is 2.72. The molecule has 13 heavy (non-hydrogen) atoms. The van der Waals surface area contributed by atoms with Crippen molar-refractivity contribution >= 4 is 7.49 Å². The van der Waals surface area contributed by atoms with Crippen molar-refractivity contribution in [2.75, 3.05) is 12.3 Å². The Balaban J connectivity index is 2.05. The summed E-state index contributed by atoms with van der Waals surface area (Å²) < 4.78 is 0. The molecule has 0 bridgehead atoms. The van der Waals surface area contributed by atoms with Gasteiger partial charge in [0.1, 0.15) is 13.7 Å². The van der Waals surface area contributed by atoms with Crippen LogP contribution in [0.5, 0.6) is 0 Å². The van der Waals surface area contributed by atoms with E-state index in [4.69, 9.17) is 0 Å². The van der Waals surface area contributed by atoms with Gasteiger partial charge in [0.05, 0.1) is 12.3 Å². The quantitative estimate of drug-likeness (QED) is 0.719. The van der Waals surface area contributed by atoms with Gasteiger partial charge in [0, 0.05) is 0 Å². The van der Waals surface area contributed by atoms with Gasteiger partial charge in [-0.1, -0.05) is 30.3 Å². The van der Waals surface area contributed by atoms with Gasteiger partial charge in [-0.2, -0.15) is 0 Å². The van der Waals surface area contributed by atoms with Crippen LogP contribution in [-0.4, -0.2) is 17.2 Å². The van der Waals surface area contributed by atoms with Crippen LogP contribution in [0.1, 0.15) is 18.4 Å². The van der Waals surface area contributed by atoms with E-state index >= 15 is 0 Å². The molecule has 1 N–H and O–H groups in total. The lowest BCUT2D eigenvalue weighted by atomic mass is 10.2. The molecule has 1 saturated heterocycles. The average molecular weight is 195 g/mol. The minimum Gasteiger partial charge on any atom is -0.251 e. The molecule has 0 saturated carbocycles. The zero-order valence-corrected chi connectivity index (χ0v) is 8.71. The summed E-state index contributed by atoms with van der Waals surface area (Å²) in [6, 6.07) is 10.4. The summed E-state index contributed by atoms with van der Waals surface area (Å²) >= 11 is 0. The van der Waals surface area contributed by atoms with Crippen molar-refractivity contribution in [3.05, 3.63) is 35.9 Å². The van der Waals surface area contributed by atoms with Crippen LogP contribution in [0.3, 0.4) is 0 Å². The van der Waals surface area contributed by atoms with E-state index in [1.807, 2.05) is 6.07 Å². The highest BCUT2D eigenvalue weighted by atomic mass is 31.2. The fraction of sp³-hybridized carbons (Fsp3) is 0.455. The van der Waals surface area contributed by atoms with E-state index in [1.54, 1.807) is 0 Å². The van der Waals surface area contributed by atoms with Crippen LogP contribution in [0.25, 0.3) is 0 Å². The Hall–Kier alpha value is -0.390. The molecular formula is C11H16OP+. The lowest BCUT2D eigenvalue weighted by Crippen LogP contribution is -1.97. The average Bonchev–Trinajstić information content (AvgIpc) is 2.54. The largest absolute Gasteiger partial charge is 0.251 e. The predicted molar refractivity (Wildman–Crippen MR) is 58.3 cm³/mol. The normalized spacial score (nSPS) is 20.4. The Morgan fingerprint density at radius 3 is 2.31 bits per heavy atom. The molecule has 1 heterocycles. The molecule has 1 aliphatic rings. The molecule has 1 fully saturated rings. The van der Waals surface area contributed by atoms with Crippen molar-refractivity contribution in [1.82, 2.24) is 0 Å². The van der Waals surface area contributed by atoms with Gasteiger partial charge in [0.25, 0.3) is 0 Å². The molecule has 0 unspecified atom stereocenters. The predicted octanol–water partition coefficient (Wildman–Crippen LogP) is 2.91. The molecule has 1 aliphatic heterocycles. The van der Waals surface area contributed by atoms with Crippen molar-refractivity contribution in [3.63, 3.8) is 0 Å². The van der Waals surface area contributed by atoms with Crippen LogP contribution in [0.15, 0.2) is 30.3 Å². The second-order valence-electron chi connectivity index (χ2n) is 3.89. The first-order valence-corrected chi connectivity index (χ1v) is 7.21. The highest BCUT2D eigenvalue weighted by Crippen LogP contribution is 2.62. The Labute approximate surface area is 80.2 Å². The Bertz CT molecular complexity index is 265. The van der Waals surface area contributed by atoms with E-state index < -0.39 is 7.49 Å². The summed E-state index contributed by atoms with van der Waals surface area (Å²) in [6.07, 6.45) is 5.58. The van der Waals surface area contributed by atoms with Crippen molar-refractivity contribution < 1.29 is 4.89 Å². The van der Waals surface area contributed by atoms with Crippen LogP contribution in [0.2, 0.25) is 0 Å². The molecule has 0 radical (unpaired) electrons. The van der Waals surface area contributed by atoms with Gasteiger partial charge >= 0.3 is 0 Å². The zero-order valence-electron chi connectivity index (χ0n) is 7.82. The number of benzene rings is 1. The van der Waals surface area contributed by atoms with Gasteiger partial charge in [-0.25, -0.2) is 0 Å². The summed E-state index contributed by atoms with van der Waals surface area (Å²) in [5.74, 6) is 0. The minimum absolute atomic E-state index is 0.938. The van der Waals surface area contributed by atoms with Gasteiger partial charge in [-0.05, 0) is 18.4 Å². The molecule has 1 aromatic carbocycles. The standard InChI is InChI=1S/C11H16OP/c12-13(8-4-5-9-13)10-11-6-2-1-3-7-11/h1-3,6-7,12H,4-5,8-10H2/q+1. The third-order valence-corrected chi connectivity index (χ3v) is 5.97. The van der Waals surface area contributed by atoms with Crippen LogP contribution < -0.4 is 0 Å². The maximum Gasteiger partial charge on any atom is 0.146 e. The number of hydrogen-bond acceptors (Lipinski definition) is 1. The zero-order chi connectivity index (χ0) is 9.15. The number of hydrogen-bond donors (Lipinski definition) is 1. The van der Waals surface area contributed by atoms with Crippen LogP contribution >= 0.6 is 7.49 Å². The topological polar surface area (TPSA) is 20.2 Å². The molecule has 0 amide bonds.